The zero-order valence-corrected chi connectivity index (χ0v) is 18.6. The third kappa shape index (κ3) is 6.11. The Balaban J connectivity index is 1.30. The summed E-state index contributed by atoms with van der Waals surface area (Å²) < 4.78 is 5.16. The van der Waals surface area contributed by atoms with Gasteiger partial charge in [0.15, 0.2) is 0 Å². The molecule has 2 amide bonds. The maximum atomic E-state index is 12.5. The number of likely N-dealkylation sites (tertiary alicyclic amines) is 1. The second-order valence-corrected chi connectivity index (χ2v) is 8.37. The molecule has 5 nitrogen and oxygen atoms in total. The van der Waals surface area contributed by atoms with Gasteiger partial charge >= 0.3 is 6.03 Å². The molecule has 2 N–H and O–H groups in total. The minimum absolute atomic E-state index is 0.246. The van der Waals surface area contributed by atoms with E-state index in [1.165, 1.54) is 24.8 Å². The predicted molar refractivity (Wildman–Crippen MR) is 130 cm³/mol. The number of nitrogens with zero attached hydrogens (tertiary/aromatic N) is 1. The van der Waals surface area contributed by atoms with E-state index in [9.17, 15) is 4.79 Å². The first-order valence-electron chi connectivity index (χ1n) is 11.3. The Bertz CT molecular complexity index is 997. The number of carbonyl (C=O) groups excluding carboxylic acids is 1. The van der Waals surface area contributed by atoms with Crippen molar-refractivity contribution in [3.8, 4) is 5.75 Å². The van der Waals surface area contributed by atoms with Gasteiger partial charge in [-0.3, -0.25) is 4.90 Å². The molecule has 1 aliphatic rings. The summed E-state index contributed by atoms with van der Waals surface area (Å²) in [5, 5.41) is 5.89. The van der Waals surface area contributed by atoms with Gasteiger partial charge in [-0.2, -0.15) is 0 Å². The van der Waals surface area contributed by atoms with Crippen LogP contribution in [0.25, 0.3) is 0 Å². The number of methoxy groups -OCH3 is 1. The topological polar surface area (TPSA) is 53.6 Å². The van der Waals surface area contributed by atoms with Gasteiger partial charge in [-0.25, -0.2) is 4.79 Å². The molecule has 0 spiro atoms. The van der Waals surface area contributed by atoms with E-state index in [4.69, 9.17) is 4.74 Å². The molecule has 1 saturated heterocycles. The summed E-state index contributed by atoms with van der Waals surface area (Å²) >= 11 is 0. The number of ether oxygens (including phenoxy) is 1. The van der Waals surface area contributed by atoms with E-state index in [0.29, 0.717) is 0 Å². The fourth-order valence-corrected chi connectivity index (χ4v) is 4.28. The first-order valence-corrected chi connectivity index (χ1v) is 11.3. The number of urea groups is 1. The van der Waals surface area contributed by atoms with Crippen LogP contribution in [-0.4, -0.2) is 31.1 Å². The number of hydrogen-bond donors (Lipinski definition) is 2. The Morgan fingerprint density at radius 3 is 2.31 bits per heavy atom. The molecule has 0 radical (unpaired) electrons. The largest absolute Gasteiger partial charge is 0.497 e. The number of carbonyl (C=O) groups is 1. The molecule has 32 heavy (non-hydrogen) atoms. The summed E-state index contributed by atoms with van der Waals surface area (Å²) in [6, 6.07) is 25.9. The van der Waals surface area contributed by atoms with Crippen LogP contribution in [-0.2, 0) is 13.0 Å². The lowest BCUT2D eigenvalue weighted by Crippen LogP contribution is -2.34. The first kappa shape index (κ1) is 21.9. The van der Waals surface area contributed by atoms with E-state index in [2.05, 4.69) is 51.9 Å². The van der Waals surface area contributed by atoms with Crippen molar-refractivity contribution in [1.82, 2.24) is 4.90 Å². The molecule has 3 aromatic carbocycles. The minimum Gasteiger partial charge on any atom is -0.497 e. The molecule has 0 aliphatic carbocycles. The van der Waals surface area contributed by atoms with Gasteiger partial charge in [-0.1, -0.05) is 48.5 Å². The summed E-state index contributed by atoms with van der Waals surface area (Å²) in [6.07, 6.45) is 3.59. The van der Waals surface area contributed by atoms with Crippen molar-refractivity contribution in [3.05, 3.63) is 90.0 Å². The second kappa shape index (κ2) is 10.8. The average Bonchev–Trinajstić information content (AvgIpc) is 2.83. The minimum atomic E-state index is -0.246. The van der Waals surface area contributed by atoms with Crippen LogP contribution in [0, 0.1) is 5.92 Å². The molecule has 0 saturated carbocycles. The third-order valence-electron chi connectivity index (χ3n) is 6.08. The Kier molecular flexibility index (Phi) is 7.41. The van der Waals surface area contributed by atoms with Crippen molar-refractivity contribution in [2.75, 3.05) is 30.8 Å². The fourth-order valence-electron chi connectivity index (χ4n) is 4.28. The fraction of sp³-hybridized carbons (Fsp3) is 0.296. The van der Waals surface area contributed by atoms with Crippen LogP contribution < -0.4 is 15.4 Å². The van der Waals surface area contributed by atoms with E-state index in [1.54, 1.807) is 7.11 Å². The van der Waals surface area contributed by atoms with E-state index >= 15 is 0 Å². The smallest absolute Gasteiger partial charge is 0.323 e. The Hall–Kier alpha value is -3.31. The lowest BCUT2D eigenvalue weighted by Gasteiger charge is -2.32. The van der Waals surface area contributed by atoms with Crippen molar-refractivity contribution in [2.45, 2.75) is 25.8 Å². The van der Waals surface area contributed by atoms with Gasteiger partial charge in [0.25, 0.3) is 0 Å². The number of para-hydroxylation sites is 1. The average molecular weight is 430 g/mol. The van der Waals surface area contributed by atoms with E-state index in [0.717, 1.165) is 48.2 Å². The van der Waals surface area contributed by atoms with Gasteiger partial charge in [0.05, 0.1) is 7.11 Å². The van der Waals surface area contributed by atoms with E-state index in [1.807, 2.05) is 42.5 Å². The normalized spacial score (nSPS) is 14.7. The molecule has 0 atom stereocenters. The van der Waals surface area contributed by atoms with Crippen molar-refractivity contribution < 1.29 is 9.53 Å². The number of amides is 2. The monoisotopic (exact) mass is 429 g/mol. The molecule has 3 aromatic rings. The lowest BCUT2D eigenvalue weighted by molar-refractivity contribution is 0.177. The lowest BCUT2D eigenvalue weighted by atomic mass is 9.90. The second-order valence-electron chi connectivity index (χ2n) is 8.37. The van der Waals surface area contributed by atoms with E-state index < -0.39 is 0 Å². The highest BCUT2D eigenvalue weighted by molar-refractivity contribution is 6.00. The van der Waals surface area contributed by atoms with Crippen molar-refractivity contribution in [2.24, 2.45) is 5.92 Å². The van der Waals surface area contributed by atoms with Crippen molar-refractivity contribution >= 4 is 17.4 Å². The summed E-state index contributed by atoms with van der Waals surface area (Å²) in [5.74, 6) is 1.51. The number of hydrogen-bond acceptors (Lipinski definition) is 3. The quantitative estimate of drug-likeness (QED) is 0.499. The van der Waals surface area contributed by atoms with Gasteiger partial charge in [-0.15, -0.1) is 0 Å². The molecular formula is C27H31N3O2. The van der Waals surface area contributed by atoms with E-state index in [-0.39, 0.29) is 6.03 Å². The maximum absolute atomic E-state index is 12.5. The highest BCUT2D eigenvalue weighted by Gasteiger charge is 2.20. The van der Waals surface area contributed by atoms with Gasteiger partial charge in [-0.05, 0) is 79.7 Å². The van der Waals surface area contributed by atoms with Crippen molar-refractivity contribution in [3.63, 3.8) is 0 Å². The highest BCUT2D eigenvalue weighted by Crippen LogP contribution is 2.25. The van der Waals surface area contributed by atoms with Gasteiger partial charge < -0.3 is 15.4 Å². The third-order valence-corrected chi connectivity index (χ3v) is 6.08. The summed E-state index contributed by atoms with van der Waals surface area (Å²) in [6.45, 7) is 3.02. The van der Waals surface area contributed by atoms with Crippen LogP contribution >= 0.6 is 0 Å². The molecule has 1 aliphatic heterocycles. The molecular weight excluding hydrogens is 398 g/mol. The van der Waals surface area contributed by atoms with Crippen molar-refractivity contribution in [1.29, 1.82) is 0 Å². The predicted octanol–water partition coefficient (Wildman–Crippen LogP) is 5.79. The molecule has 0 unspecified atom stereocenters. The molecule has 0 aromatic heterocycles. The summed E-state index contributed by atoms with van der Waals surface area (Å²) in [4.78, 5) is 15.0. The molecule has 0 bridgehead atoms. The van der Waals surface area contributed by atoms with Gasteiger partial charge in [0.2, 0.25) is 0 Å². The zero-order valence-electron chi connectivity index (χ0n) is 18.6. The molecule has 1 heterocycles. The number of rotatable bonds is 7. The van der Waals surface area contributed by atoms with Crippen LogP contribution in [0.1, 0.15) is 24.0 Å². The summed E-state index contributed by atoms with van der Waals surface area (Å²) in [7, 11) is 1.62. The number of anilines is 2. The molecule has 5 heteroatoms. The van der Waals surface area contributed by atoms with Gasteiger partial charge in [0.1, 0.15) is 5.75 Å². The summed E-state index contributed by atoms with van der Waals surface area (Å²) in [5.41, 5.74) is 4.15. The van der Waals surface area contributed by atoms with Crippen LogP contribution in [0.5, 0.6) is 5.75 Å². The Morgan fingerprint density at radius 2 is 1.59 bits per heavy atom. The maximum Gasteiger partial charge on any atom is 0.323 e. The SMILES string of the molecule is COc1ccc(NC(=O)Nc2ccccc2CN2CCC(Cc3ccccc3)CC2)cc1. The molecule has 166 valence electrons. The van der Waals surface area contributed by atoms with Crippen LogP contribution in [0.2, 0.25) is 0 Å². The number of benzene rings is 3. The zero-order chi connectivity index (χ0) is 22.2. The molecule has 1 fully saturated rings. The standard InChI is InChI=1S/C27H31N3O2/c1-32-25-13-11-24(12-14-25)28-27(31)29-26-10-6-5-9-23(26)20-30-17-15-22(16-18-30)19-21-7-3-2-4-8-21/h2-14,22H,15-20H2,1H3,(H2,28,29,31). The number of piperidine rings is 1. The highest BCUT2D eigenvalue weighted by atomic mass is 16.5. The van der Waals surface area contributed by atoms with Crippen LogP contribution in [0.3, 0.4) is 0 Å². The Labute approximate surface area is 190 Å². The first-order chi connectivity index (χ1) is 15.7. The van der Waals surface area contributed by atoms with Crippen LogP contribution in [0.15, 0.2) is 78.9 Å². The van der Waals surface area contributed by atoms with Crippen LogP contribution in [0.4, 0.5) is 16.2 Å². The Morgan fingerprint density at radius 1 is 0.906 bits per heavy atom. The van der Waals surface area contributed by atoms with Gasteiger partial charge in [0, 0.05) is 17.9 Å². The molecule has 4 rings (SSSR count). The number of nitrogens with one attached hydrogen (secondary N) is 2.